The molecular formula is C31H39N3O6S. The number of ether oxygens (including phenoxy) is 2. The van der Waals surface area contributed by atoms with Crippen LogP contribution in [0.3, 0.4) is 0 Å². The summed E-state index contributed by atoms with van der Waals surface area (Å²) in [6.45, 7) is 7.13. The number of amides is 2. The Morgan fingerprint density at radius 3 is 2.15 bits per heavy atom. The second-order valence-corrected chi connectivity index (χ2v) is 11.5. The van der Waals surface area contributed by atoms with Gasteiger partial charge in [-0.3, -0.25) is 13.9 Å². The summed E-state index contributed by atoms with van der Waals surface area (Å²) in [7, 11) is -2.62. The van der Waals surface area contributed by atoms with Crippen molar-refractivity contribution < 1.29 is 27.5 Å². The monoisotopic (exact) mass is 581 g/mol. The maximum absolute atomic E-state index is 14.1. The predicted molar refractivity (Wildman–Crippen MR) is 159 cm³/mol. The van der Waals surface area contributed by atoms with Gasteiger partial charge in [-0.15, -0.1) is 0 Å². The number of anilines is 1. The van der Waals surface area contributed by atoms with Gasteiger partial charge in [0.05, 0.1) is 24.3 Å². The van der Waals surface area contributed by atoms with Gasteiger partial charge in [-0.2, -0.15) is 0 Å². The van der Waals surface area contributed by atoms with E-state index < -0.39 is 28.5 Å². The standard InChI is InChI=1S/C31H39N3O6S/c1-6-23(3)32-31(36)24(4)33(21-25-17-19-26(39-5)20-18-25)30(35)22-34(28-15-11-12-16-29(28)40-7-2)41(37,38)27-13-9-8-10-14-27/h8-20,23-24H,6-7,21-22H2,1-5H3,(H,32,36). The molecule has 0 aliphatic heterocycles. The SMILES string of the molecule is CCOc1ccccc1N(CC(=O)N(Cc1ccc(OC)cc1)C(C)C(=O)NC(C)CC)S(=O)(=O)c1ccccc1. The minimum atomic E-state index is -4.19. The molecule has 220 valence electrons. The summed E-state index contributed by atoms with van der Waals surface area (Å²) in [4.78, 5) is 28.7. The van der Waals surface area contributed by atoms with Crippen LogP contribution in [0.2, 0.25) is 0 Å². The van der Waals surface area contributed by atoms with E-state index in [1.54, 1.807) is 87.7 Å². The molecule has 0 aromatic heterocycles. The van der Waals surface area contributed by atoms with Crippen molar-refractivity contribution in [1.29, 1.82) is 0 Å². The zero-order valence-corrected chi connectivity index (χ0v) is 25.1. The summed E-state index contributed by atoms with van der Waals surface area (Å²) in [5, 5.41) is 2.93. The van der Waals surface area contributed by atoms with Gasteiger partial charge in [0.2, 0.25) is 11.8 Å². The molecule has 3 aromatic carbocycles. The highest BCUT2D eigenvalue weighted by atomic mass is 32.2. The number of benzene rings is 3. The highest BCUT2D eigenvalue weighted by Crippen LogP contribution is 2.33. The molecular weight excluding hydrogens is 542 g/mol. The van der Waals surface area contributed by atoms with Crippen molar-refractivity contribution in [2.75, 3.05) is 24.6 Å². The Morgan fingerprint density at radius 1 is 0.902 bits per heavy atom. The van der Waals surface area contributed by atoms with Gasteiger partial charge in [0.15, 0.2) is 0 Å². The highest BCUT2D eigenvalue weighted by molar-refractivity contribution is 7.92. The lowest BCUT2D eigenvalue weighted by atomic mass is 10.1. The van der Waals surface area contributed by atoms with Gasteiger partial charge >= 0.3 is 0 Å². The molecule has 2 atom stereocenters. The van der Waals surface area contributed by atoms with Gasteiger partial charge < -0.3 is 19.7 Å². The lowest BCUT2D eigenvalue weighted by Crippen LogP contribution is -2.52. The number of rotatable bonds is 14. The third-order valence-corrected chi connectivity index (χ3v) is 8.50. The number of nitrogens with one attached hydrogen (secondary N) is 1. The first kappa shape index (κ1) is 31.5. The average molecular weight is 582 g/mol. The van der Waals surface area contributed by atoms with Crippen molar-refractivity contribution in [3.05, 3.63) is 84.4 Å². The molecule has 2 amide bonds. The number of carbonyl (C=O) groups excluding carboxylic acids is 2. The molecule has 0 aliphatic carbocycles. The van der Waals surface area contributed by atoms with Crippen molar-refractivity contribution in [2.24, 2.45) is 0 Å². The van der Waals surface area contributed by atoms with Crippen LogP contribution in [0.5, 0.6) is 11.5 Å². The van der Waals surface area contributed by atoms with E-state index >= 15 is 0 Å². The predicted octanol–water partition coefficient (Wildman–Crippen LogP) is 4.62. The van der Waals surface area contributed by atoms with Crippen LogP contribution in [0, 0.1) is 0 Å². The Kier molecular flexibility index (Phi) is 11.2. The summed E-state index contributed by atoms with van der Waals surface area (Å²) < 4.78 is 40.0. The number of carbonyl (C=O) groups is 2. The molecule has 41 heavy (non-hydrogen) atoms. The van der Waals surface area contributed by atoms with Gasteiger partial charge in [-0.25, -0.2) is 8.42 Å². The van der Waals surface area contributed by atoms with Crippen molar-refractivity contribution in [3.8, 4) is 11.5 Å². The van der Waals surface area contributed by atoms with Gasteiger partial charge in [-0.1, -0.05) is 49.4 Å². The third-order valence-electron chi connectivity index (χ3n) is 6.72. The first-order valence-electron chi connectivity index (χ1n) is 13.6. The Labute approximate surface area is 243 Å². The Hall–Kier alpha value is -4.05. The fraction of sp³-hybridized carbons (Fsp3) is 0.355. The number of para-hydroxylation sites is 2. The molecule has 0 spiro atoms. The fourth-order valence-corrected chi connectivity index (χ4v) is 5.60. The lowest BCUT2D eigenvalue weighted by molar-refractivity contribution is -0.139. The third kappa shape index (κ3) is 8.00. The Bertz CT molecular complexity index is 1400. The van der Waals surface area contributed by atoms with E-state index in [1.165, 1.54) is 17.0 Å². The van der Waals surface area contributed by atoms with Crippen LogP contribution in [0.4, 0.5) is 5.69 Å². The Morgan fingerprint density at radius 2 is 1.54 bits per heavy atom. The number of hydrogen-bond donors (Lipinski definition) is 1. The van der Waals surface area contributed by atoms with E-state index in [1.807, 2.05) is 13.8 Å². The van der Waals surface area contributed by atoms with Crippen LogP contribution in [0.1, 0.15) is 39.7 Å². The second kappa shape index (κ2) is 14.5. The van der Waals surface area contributed by atoms with Crippen molar-refractivity contribution in [1.82, 2.24) is 10.2 Å². The van der Waals surface area contributed by atoms with Crippen molar-refractivity contribution >= 4 is 27.5 Å². The van der Waals surface area contributed by atoms with Crippen molar-refractivity contribution in [3.63, 3.8) is 0 Å². The van der Waals surface area contributed by atoms with Crippen molar-refractivity contribution in [2.45, 2.75) is 57.6 Å². The quantitative estimate of drug-likeness (QED) is 0.298. The van der Waals surface area contributed by atoms with E-state index in [2.05, 4.69) is 5.32 Å². The molecule has 1 N–H and O–H groups in total. The molecule has 0 heterocycles. The summed E-state index contributed by atoms with van der Waals surface area (Å²) >= 11 is 0. The molecule has 0 saturated heterocycles. The maximum atomic E-state index is 14.1. The van der Waals surface area contributed by atoms with E-state index in [-0.39, 0.29) is 29.1 Å². The largest absolute Gasteiger partial charge is 0.497 e. The normalized spacial score (nSPS) is 12.6. The van der Waals surface area contributed by atoms with Crippen LogP contribution in [0.25, 0.3) is 0 Å². The van der Waals surface area contributed by atoms with Crippen LogP contribution in [-0.2, 0) is 26.2 Å². The molecule has 0 bridgehead atoms. The number of methoxy groups -OCH3 is 1. The summed E-state index contributed by atoms with van der Waals surface area (Å²) in [6.07, 6.45) is 0.724. The van der Waals surface area contributed by atoms with Crippen LogP contribution in [0.15, 0.2) is 83.8 Å². The van der Waals surface area contributed by atoms with Gasteiger partial charge in [0.1, 0.15) is 24.1 Å². The molecule has 2 unspecified atom stereocenters. The van der Waals surface area contributed by atoms with Gasteiger partial charge in [0.25, 0.3) is 10.0 Å². The molecule has 9 nitrogen and oxygen atoms in total. The smallest absolute Gasteiger partial charge is 0.264 e. The van der Waals surface area contributed by atoms with E-state index in [0.717, 1.165) is 16.3 Å². The van der Waals surface area contributed by atoms with E-state index in [4.69, 9.17) is 9.47 Å². The molecule has 0 saturated carbocycles. The molecule has 0 aliphatic rings. The van der Waals surface area contributed by atoms with E-state index in [0.29, 0.717) is 18.1 Å². The van der Waals surface area contributed by atoms with Gasteiger partial charge in [-0.05, 0) is 69.2 Å². The van der Waals surface area contributed by atoms with E-state index in [9.17, 15) is 18.0 Å². The van der Waals surface area contributed by atoms with Crippen LogP contribution in [-0.4, -0.2) is 57.5 Å². The first-order chi connectivity index (χ1) is 19.6. The van der Waals surface area contributed by atoms with Gasteiger partial charge in [0, 0.05) is 12.6 Å². The van der Waals surface area contributed by atoms with Crippen LogP contribution >= 0.6 is 0 Å². The Balaban J connectivity index is 2.05. The molecule has 3 rings (SSSR count). The average Bonchev–Trinajstić information content (AvgIpc) is 2.99. The molecule has 0 fully saturated rings. The zero-order chi connectivity index (χ0) is 30.0. The molecule has 10 heteroatoms. The second-order valence-electron chi connectivity index (χ2n) is 9.59. The minimum Gasteiger partial charge on any atom is -0.497 e. The molecule has 3 aromatic rings. The lowest BCUT2D eigenvalue weighted by Gasteiger charge is -2.33. The number of sulfonamides is 1. The topological polar surface area (TPSA) is 105 Å². The first-order valence-corrected chi connectivity index (χ1v) is 15.1. The summed E-state index contributed by atoms with van der Waals surface area (Å²) in [6, 6.07) is 20.8. The molecule has 0 radical (unpaired) electrons. The number of hydrogen-bond acceptors (Lipinski definition) is 6. The summed E-state index contributed by atoms with van der Waals surface area (Å²) in [5.74, 6) is 0.111. The number of nitrogens with zero attached hydrogens (tertiary/aromatic N) is 2. The minimum absolute atomic E-state index is 0.0309. The zero-order valence-electron chi connectivity index (χ0n) is 24.2. The fourth-order valence-electron chi connectivity index (χ4n) is 4.15. The van der Waals surface area contributed by atoms with Crippen LogP contribution < -0.4 is 19.1 Å². The highest BCUT2D eigenvalue weighted by Gasteiger charge is 2.34. The summed E-state index contributed by atoms with van der Waals surface area (Å²) in [5.41, 5.74) is 0.988. The maximum Gasteiger partial charge on any atom is 0.264 e.